The lowest BCUT2D eigenvalue weighted by Gasteiger charge is -2.11. The number of hydrogen-bond donors (Lipinski definition) is 2. The van der Waals surface area contributed by atoms with Crippen molar-refractivity contribution < 1.29 is 19.2 Å². The second-order valence-electron chi connectivity index (χ2n) is 3.02. The Morgan fingerprint density at radius 3 is 2.75 bits per heavy atom. The highest BCUT2D eigenvalue weighted by atomic mass is 19.1. The summed E-state index contributed by atoms with van der Waals surface area (Å²) in [6.45, 7) is -0.315. The molecule has 0 spiro atoms. The van der Waals surface area contributed by atoms with Crippen LogP contribution in [0.5, 0.6) is 5.75 Å². The van der Waals surface area contributed by atoms with Crippen molar-refractivity contribution >= 4 is 5.69 Å². The third kappa shape index (κ3) is 2.10. The number of hydrogen-bond acceptors (Lipinski definition) is 5. The van der Waals surface area contributed by atoms with Gasteiger partial charge < -0.3 is 15.6 Å². The fourth-order valence-electron chi connectivity index (χ4n) is 1.35. The predicted octanol–water partition coefficient (Wildman–Crippen LogP) is 0.735. The van der Waals surface area contributed by atoms with E-state index in [1.54, 1.807) is 0 Å². The molecule has 0 fully saturated rings. The predicted molar refractivity (Wildman–Crippen MR) is 53.6 cm³/mol. The lowest BCUT2D eigenvalue weighted by atomic mass is 10.1. The lowest BCUT2D eigenvalue weighted by Crippen LogP contribution is -2.15. The Labute approximate surface area is 90.6 Å². The number of aliphatic hydroxyl groups is 1. The number of halogens is 1. The molecule has 0 saturated carbocycles. The van der Waals surface area contributed by atoms with E-state index in [-0.39, 0.29) is 12.3 Å². The van der Waals surface area contributed by atoms with Crippen LogP contribution in [0.2, 0.25) is 0 Å². The van der Waals surface area contributed by atoms with Crippen LogP contribution in [0.4, 0.5) is 10.1 Å². The minimum Gasteiger partial charge on any atom is -0.490 e. The maximum Gasteiger partial charge on any atom is 0.319 e. The first-order valence-corrected chi connectivity index (χ1v) is 4.41. The van der Waals surface area contributed by atoms with E-state index in [0.29, 0.717) is 0 Å². The number of nitro groups is 1. The average molecular weight is 230 g/mol. The van der Waals surface area contributed by atoms with Crippen molar-refractivity contribution in [2.75, 3.05) is 13.7 Å². The average Bonchev–Trinajstić information content (AvgIpc) is 2.27. The van der Waals surface area contributed by atoms with E-state index >= 15 is 0 Å². The second kappa shape index (κ2) is 4.86. The molecular weight excluding hydrogens is 219 g/mol. The van der Waals surface area contributed by atoms with Crippen LogP contribution in [0.3, 0.4) is 0 Å². The molecule has 0 aliphatic heterocycles. The van der Waals surface area contributed by atoms with Crippen LogP contribution in [0.15, 0.2) is 12.1 Å². The Kier molecular flexibility index (Phi) is 3.75. The van der Waals surface area contributed by atoms with Gasteiger partial charge in [-0.15, -0.1) is 0 Å². The zero-order valence-electron chi connectivity index (χ0n) is 8.51. The van der Waals surface area contributed by atoms with Gasteiger partial charge in [0, 0.05) is 6.54 Å². The molecule has 0 aliphatic rings. The molecule has 88 valence electrons. The van der Waals surface area contributed by atoms with E-state index in [2.05, 4.69) is 0 Å². The van der Waals surface area contributed by atoms with Gasteiger partial charge in [0.05, 0.1) is 17.6 Å². The van der Waals surface area contributed by atoms with Gasteiger partial charge in [0.25, 0.3) is 0 Å². The maximum absolute atomic E-state index is 13.4. The molecule has 1 aromatic carbocycles. The molecule has 1 atom stereocenters. The summed E-state index contributed by atoms with van der Waals surface area (Å²) in [5.74, 6) is -1.00. The number of ether oxygens (including phenoxy) is 1. The third-order valence-corrected chi connectivity index (χ3v) is 2.09. The van der Waals surface area contributed by atoms with Crippen molar-refractivity contribution in [2.24, 2.45) is 5.73 Å². The van der Waals surface area contributed by atoms with Crippen molar-refractivity contribution in [3.63, 3.8) is 0 Å². The standard InChI is InChI=1S/C9H11FN2O4/c1-16-7-3-2-5(10)8(6(13)4-11)9(7)12(14)15/h2-3,6,13H,4,11H2,1H3. The molecule has 0 aliphatic carbocycles. The zero-order valence-corrected chi connectivity index (χ0v) is 8.51. The SMILES string of the molecule is COc1ccc(F)c(C(O)CN)c1[N+](=O)[O-]. The van der Waals surface area contributed by atoms with Gasteiger partial charge in [0.15, 0.2) is 5.75 Å². The summed E-state index contributed by atoms with van der Waals surface area (Å²) in [6.07, 6.45) is -1.43. The molecular formula is C9H11FN2O4. The molecule has 7 heteroatoms. The number of nitro benzene ring substituents is 1. The summed E-state index contributed by atoms with van der Waals surface area (Å²) in [4.78, 5) is 9.97. The van der Waals surface area contributed by atoms with Crippen molar-refractivity contribution in [1.82, 2.24) is 0 Å². The van der Waals surface area contributed by atoms with Gasteiger partial charge in [-0.05, 0) is 12.1 Å². The molecule has 1 rings (SSSR count). The smallest absolute Gasteiger partial charge is 0.319 e. The van der Waals surface area contributed by atoms with Crippen molar-refractivity contribution in [3.05, 3.63) is 33.6 Å². The Morgan fingerprint density at radius 2 is 2.31 bits per heavy atom. The fraction of sp³-hybridized carbons (Fsp3) is 0.333. The van der Waals surface area contributed by atoms with Crippen molar-refractivity contribution in [2.45, 2.75) is 6.10 Å². The molecule has 1 aromatic rings. The minimum atomic E-state index is -1.43. The first-order valence-electron chi connectivity index (χ1n) is 4.41. The number of rotatable bonds is 4. The molecule has 0 saturated heterocycles. The van der Waals surface area contributed by atoms with E-state index in [9.17, 15) is 19.6 Å². The van der Waals surface area contributed by atoms with Gasteiger partial charge >= 0.3 is 5.69 Å². The molecule has 1 unspecified atom stereocenters. The highest BCUT2D eigenvalue weighted by molar-refractivity contribution is 5.54. The van der Waals surface area contributed by atoms with E-state index < -0.39 is 28.1 Å². The highest BCUT2D eigenvalue weighted by Crippen LogP contribution is 2.35. The third-order valence-electron chi connectivity index (χ3n) is 2.09. The number of nitrogens with two attached hydrogens (primary N) is 1. The van der Waals surface area contributed by atoms with Gasteiger partial charge in [-0.3, -0.25) is 10.1 Å². The number of aliphatic hydroxyl groups excluding tert-OH is 1. The highest BCUT2D eigenvalue weighted by Gasteiger charge is 2.28. The largest absolute Gasteiger partial charge is 0.490 e. The van der Waals surface area contributed by atoms with Crippen molar-refractivity contribution in [3.8, 4) is 5.75 Å². The maximum atomic E-state index is 13.4. The first kappa shape index (κ1) is 12.3. The Hall–Kier alpha value is -1.73. The Bertz CT molecular complexity index is 411. The van der Waals surface area contributed by atoms with E-state index in [1.165, 1.54) is 7.11 Å². The summed E-state index contributed by atoms with van der Waals surface area (Å²) in [5, 5.41) is 20.2. The molecule has 0 heterocycles. The number of benzene rings is 1. The summed E-state index contributed by atoms with van der Waals surface area (Å²) < 4.78 is 18.1. The molecule has 3 N–H and O–H groups in total. The van der Waals surface area contributed by atoms with Gasteiger partial charge in [-0.2, -0.15) is 0 Å². The summed E-state index contributed by atoms with van der Waals surface area (Å²) in [5.41, 5.74) is 4.10. The van der Waals surface area contributed by atoms with Crippen LogP contribution in [0, 0.1) is 15.9 Å². The minimum absolute atomic E-state index is 0.117. The van der Waals surface area contributed by atoms with E-state index in [0.717, 1.165) is 12.1 Å². The van der Waals surface area contributed by atoms with Gasteiger partial charge in [0.1, 0.15) is 11.9 Å². The normalized spacial score (nSPS) is 12.2. The van der Waals surface area contributed by atoms with Crippen LogP contribution in [-0.4, -0.2) is 23.7 Å². The van der Waals surface area contributed by atoms with Gasteiger partial charge in [-0.1, -0.05) is 0 Å². The molecule has 0 amide bonds. The second-order valence-corrected chi connectivity index (χ2v) is 3.02. The Balaban J connectivity index is 3.47. The summed E-state index contributed by atoms with van der Waals surface area (Å²) in [7, 11) is 1.22. The zero-order chi connectivity index (χ0) is 12.3. The fourth-order valence-corrected chi connectivity index (χ4v) is 1.35. The van der Waals surface area contributed by atoms with E-state index in [1.807, 2.05) is 0 Å². The molecule has 16 heavy (non-hydrogen) atoms. The van der Waals surface area contributed by atoms with Gasteiger partial charge in [0.2, 0.25) is 0 Å². The Morgan fingerprint density at radius 1 is 1.69 bits per heavy atom. The van der Waals surface area contributed by atoms with Crippen LogP contribution in [0.1, 0.15) is 11.7 Å². The monoisotopic (exact) mass is 230 g/mol. The summed E-state index contributed by atoms with van der Waals surface area (Å²) in [6, 6.07) is 2.11. The topological polar surface area (TPSA) is 98.6 Å². The quantitative estimate of drug-likeness (QED) is 0.587. The van der Waals surface area contributed by atoms with Crippen LogP contribution < -0.4 is 10.5 Å². The van der Waals surface area contributed by atoms with Crippen LogP contribution >= 0.6 is 0 Å². The molecule has 0 bridgehead atoms. The van der Waals surface area contributed by atoms with Crippen molar-refractivity contribution in [1.29, 1.82) is 0 Å². The first-order chi connectivity index (χ1) is 7.52. The molecule has 0 aromatic heterocycles. The lowest BCUT2D eigenvalue weighted by molar-refractivity contribution is -0.387. The van der Waals surface area contributed by atoms with E-state index in [4.69, 9.17) is 10.5 Å². The van der Waals surface area contributed by atoms with Crippen LogP contribution in [0.25, 0.3) is 0 Å². The molecule has 0 radical (unpaired) electrons. The number of nitrogens with zero attached hydrogens (tertiary/aromatic N) is 1. The molecule has 6 nitrogen and oxygen atoms in total. The van der Waals surface area contributed by atoms with Crippen LogP contribution in [-0.2, 0) is 0 Å². The summed E-state index contributed by atoms with van der Waals surface area (Å²) >= 11 is 0. The van der Waals surface area contributed by atoms with Gasteiger partial charge in [-0.25, -0.2) is 4.39 Å². The number of methoxy groups -OCH3 is 1.